The summed E-state index contributed by atoms with van der Waals surface area (Å²) in [7, 11) is 1.74. The molecule has 0 fully saturated rings. The van der Waals surface area contributed by atoms with Crippen molar-refractivity contribution in [2.45, 2.75) is 11.6 Å². The Balaban J connectivity index is 1.55. The molecule has 0 aliphatic heterocycles. The van der Waals surface area contributed by atoms with Crippen LogP contribution in [-0.2, 0) is 12.6 Å². The van der Waals surface area contributed by atoms with Crippen molar-refractivity contribution < 1.29 is 19.8 Å². The van der Waals surface area contributed by atoms with Gasteiger partial charge in [0.2, 0.25) is 0 Å². The number of carboxylic acid groups (broad SMARTS) is 2. The number of hydrogen-bond donors (Lipinski definition) is 7. The van der Waals surface area contributed by atoms with E-state index in [2.05, 4.69) is 31.7 Å². The molecule has 230 valence electrons. The van der Waals surface area contributed by atoms with Crippen molar-refractivity contribution in [1.82, 2.24) is 20.4 Å². The van der Waals surface area contributed by atoms with Crippen LogP contribution in [0, 0.1) is 0 Å². The monoisotopic (exact) mass is 609 g/mol. The van der Waals surface area contributed by atoms with Crippen LogP contribution in [-0.4, -0.2) is 51.3 Å². The van der Waals surface area contributed by atoms with E-state index in [1.165, 1.54) is 6.20 Å². The second-order valence-corrected chi connectivity index (χ2v) is 10.3. The predicted molar refractivity (Wildman–Crippen MR) is 170 cm³/mol. The maximum Gasteiger partial charge on any atom is 0.404 e. The molecule has 0 saturated heterocycles. The van der Waals surface area contributed by atoms with Crippen LogP contribution in [0.15, 0.2) is 107 Å². The fourth-order valence-electron chi connectivity index (χ4n) is 5.22. The normalized spacial score (nSPS) is 11.2. The molecule has 0 bridgehead atoms. The van der Waals surface area contributed by atoms with Gasteiger partial charge in [-0.05, 0) is 16.7 Å². The fraction of sp³-hybridized carbons (Fsp3) is 0.156. The lowest BCUT2D eigenvalue weighted by molar-refractivity contribution is 0.192. The van der Waals surface area contributed by atoms with E-state index >= 15 is 0 Å². The van der Waals surface area contributed by atoms with E-state index in [0.717, 1.165) is 16.7 Å². The lowest BCUT2D eigenvalue weighted by Crippen LogP contribution is -2.47. The Labute approximate surface area is 257 Å². The maximum atomic E-state index is 12.8. The van der Waals surface area contributed by atoms with Crippen molar-refractivity contribution in [1.29, 1.82) is 0 Å². The van der Waals surface area contributed by atoms with Crippen LogP contribution < -0.4 is 37.4 Å². The van der Waals surface area contributed by atoms with Gasteiger partial charge in [0.15, 0.2) is 0 Å². The van der Waals surface area contributed by atoms with E-state index in [1.54, 1.807) is 11.7 Å². The molecule has 7 N–H and O–H groups in total. The highest BCUT2D eigenvalue weighted by molar-refractivity contribution is 5.83. The maximum absolute atomic E-state index is 12.8. The summed E-state index contributed by atoms with van der Waals surface area (Å²) in [5.74, 6) is 0.502. The summed E-state index contributed by atoms with van der Waals surface area (Å²) in [6.45, 7) is -0.470. The Kier molecular flexibility index (Phi) is 8.79. The van der Waals surface area contributed by atoms with Gasteiger partial charge in [0.1, 0.15) is 28.4 Å². The van der Waals surface area contributed by atoms with Crippen LogP contribution in [0.2, 0.25) is 0 Å². The Morgan fingerprint density at radius 1 is 0.756 bits per heavy atom. The van der Waals surface area contributed by atoms with Crippen molar-refractivity contribution in [3.8, 4) is 0 Å². The second kappa shape index (κ2) is 13.0. The first kappa shape index (κ1) is 30.4. The van der Waals surface area contributed by atoms with E-state index in [1.807, 2.05) is 91.0 Å². The average Bonchev–Trinajstić information content (AvgIpc) is 3.40. The van der Waals surface area contributed by atoms with E-state index in [-0.39, 0.29) is 24.5 Å². The zero-order valence-electron chi connectivity index (χ0n) is 24.2. The topological polar surface area (TPSA) is 187 Å². The molecule has 0 spiro atoms. The van der Waals surface area contributed by atoms with Gasteiger partial charge in [-0.25, -0.2) is 9.59 Å². The average molecular weight is 610 g/mol. The third-order valence-electron chi connectivity index (χ3n) is 7.38. The first-order valence-corrected chi connectivity index (χ1v) is 14.0. The van der Waals surface area contributed by atoms with Gasteiger partial charge in [-0.3, -0.25) is 14.3 Å². The summed E-state index contributed by atoms with van der Waals surface area (Å²) in [5, 5.41) is 36.3. The summed E-state index contributed by atoms with van der Waals surface area (Å²) >= 11 is 0. The van der Waals surface area contributed by atoms with E-state index < -0.39 is 34.6 Å². The van der Waals surface area contributed by atoms with E-state index in [9.17, 15) is 19.2 Å². The summed E-state index contributed by atoms with van der Waals surface area (Å²) in [6.07, 6.45) is -1.14. The smallest absolute Gasteiger partial charge is 0.404 e. The van der Waals surface area contributed by atoms with Gasteiger partial charge in [0, 0.05) is 20.1 Å². The molecule has 5 rings (SSSR count). The minimum absolute atomic E-state index is 0.0589. The Hall–Kier alpha value is -6.11. The molecule has 13 nitrogen and oxygen atoms in total. The van der Waals surface area contributed by atoms with Crippen LogP contribution in [0.3, 0.4) is 0 Å². The highest BCUT2D eigenvalue weighted by atomic mass is 16.4. The van der Waals surface area contributed by atoms with Crippen molar-refractivity contribution >= 4 is 35.1 Å². The van der Waals surface area contributed by atoms with Crippen LogP contribution in [0.25, 0.3) is 0 Å². The third-order valence-corrected chi connectivity index (χ3v) is 7.38. The molecule has 1 heterocycles. The van der Waals surface area contributed by atoms with Gasteiger partial charge >= 0.3 is 12.2 Å². The van der Waals surface area contributed by atoms with Crippen molar-refractivity contribution in [2.24, 2.45) is 7.05 Å². The quantitative estimate of drug-likeness (QED) is 0.0770. The highest BCUT2D eigenvalue weighted by Crippen LogP contribution is 2.42. The number of benzene rings is 3. The van der Waals surface area contributed by atoms with E-state index in [0.29, 0.717) is 11.5 Å². The van der Waals surface area contributed by atoms with Crippen LogP contribution in [0.4, 0.5) is 32.5 Å². The minimum atomic E-state index is -1.33. The second-order valence-electron chi connectivity index (χ2n) is 10.3. The lowest BCUT2D eigenvalue weighted by Gasteiger charge is -2.38. The number of anilines is 4. The number of aromatic nitrogens is 2. The Morgan fingerprint density at radius 2 is 1.20 bits per heavy atom. The molecular formula is C32H31N7O6. The number of carbonyl (C=O) groups is 2. The number of aryl methyl sites for hydroxylation is 1. The molecule has 0 radical (unpaired) electrons. The van der Waals surface area contributed by atoms with Crippen LogP contribution in [0.1, 0.15) is 16.7 Å². The first-order valence-electron chi connectivity index (χ1n) is 14.0. The number of rotatable bonds is 13. The molecule has 0 aliphatic carbocycles. The molecular weight excluding hydrogens is 578 g/mol. The number of amides is 2. The van der Waals surface area contributed by atoms with Crippen molar-refractivity contribution in [2.75, 3.05) is 29.0 Å². The molecule has 0 unspecified atom stereocenters. The van der Waals surface area contributed by atoms with Gasteiger partial charge in [-0.15, -0.1) is 0 Å². The van der Waals surface area contributed by atoms with Gasteiger partial charge in [-0.2, -0.15) is 5.10 Å². The van der Waals surface area contributed by atoms with Gasteiger partial charge in [0.25, 0.3) is 10.9 Å². The molecule has 0 atom stereocenters. The molecule has 1 aromatic heterocycles. The highest BCUT2D eigenvalue weighted by Gasteiger charge is 2.38. The summed E-state index contributed by atoms with van der Waals surface area (Å²) in [5.41, 5.74) is 0.517. The summed E-state index contributed by atoms with van der Waals surface area (Å²) in [6, 6.07) is 28.8. The molecule has 4 aromatic carbocycles. The molecule has 2 amide bonds. The largest absolute Gasteiger partial charge is 0.465 e. The summed E-state index contributed by atoms with van der Waals surface area (Å²) < 4.78 is 1.61. The molecule has 13 heteroatoms. The molecule has 0 aliphatic rings. The van der Waals surface area contributed by atoms with Crippen molar-refractivity contribution in [3.63, 3.8) is 0 Å². The van der Waals surface area contributed by atoms with E-state index in [4.69, 9.17) is 10.2 Å². The zero-order chi connectivity index (χ0) is 32.0. The van der Waals surface area contributed by atoms with Crippen LogP contribution >= 0.6 is 0 Å². The summed E-state index contributed by atoms with van der Waals surface area (Å²) in [4.78, 5) is 47.5. The van der Waals surface area contributed by atoms with Crippen LogP contribution in [0.5, 0.6) is 0 Å². The number of hydrogen-bond acceptors (Lipinski definition) is 8. The fourth-order valence-corrected chi connectivity index (χ4v) is 5.22. The standard InChI is InChI=1S/C32H31N7O6/c1-39-29(38-32(20-11-5-2-6-12-20,21-13-7-3-8-14-21)22-15-9-4-10-16-22)24(19-35-39)37-26-25(27(40)28(26)41)36-23(17-33-30(42)43)18-34-31(44)45/h2-16,19,23,33-34,36-38H,17-18H2,1H3,(H,42,43)(H,44,45). The minimum Gasteiger partial charge on any atom is -0.465 e. The number of nitrogens with zero attached hydrogens (tertiary/aromatic N) is 2. The predicted octanol–water partition coefficient (Wildman–Crippen LogP) is 3.48. The van der Waals surface area contributed by atoms with Gasteiger partial charge < -0.3 is 36.8 Å². The van der Waals surface area contributed by atoms with Crippen molar-refractivity contribution in [3.05, 3.63) is 134 Å². The zero-order valence-corrected chi connectivity index (χ0v) is 24.2. The Morgan fingerprint density at radius 3 is 1.64 bits per heavy atom. The third kappa shape index (κ3) is 6.32. The molecule has 45 heavy (non-hydrogen) atoms. The van der Waals surface area contributed by atoms with Gasteiger partial charge in [-0.1, -0.05) is 91.0 Å². The molecule has 5 aromatic rings. The SMILES string of the molecule is Cn1ncc(Nc2c(NC(CNC(=O)O)CNC(=O)O)c(=O)c2=O)c1NC(c1ccccc1)(c1ccccc1)c1ccccc1. The number of nitrogens with one attached hydrogen (secondary N) is 5. The molecule has 0 saturated carbocycles. The Bertz CT molecular complexity index is 1740. The first-order chi connectivity index (χ1) is 21.7. The lowest BCUT2D eigenvalue weighted by atomic mass is 9.77. The van der Waals surface area contributed by atoms with Gasteiger partial charge in [0.05, 0.1) is 12.2 Å².